The fourth-order valence-electron chi connectivity index (χ4n) is 7.90. The van der Waals surface area contributed by atoms with Crippen molar-refractivity contribution in [1.29, 1.82) is 0 Å². The first-order valence-electron chi connectivity index (χ1n) is 25.1. The molecule has 0 bridgehead atoms. The second-order valence-electron chi connectivity index (χ2n) is 17.5. The number of carboxylic acid groups (broad SMARTS) is 2. The molecule has 2 aromatic rings. The fourth-order valence-corrected chi connectivity index (χ4v) is 7.90. The summed E-state index contributed by atoms with van der Waals surface area (Å²) in [4.78, 5) is 43.9. The Hall–Kier alpha value is -2.19. The molecule has 364 valence electrons. The third-order valence-electron chi connectivity index (χ3n) is 11.5. The average Bonchev–Trinajstić information content (AvgIpc) is 3.27. The molecule has 2 rings (SSSR count). The van der Waals surface area contributed by atoms with E-state index in [1.54, 1.807) is 0 Å². The zero-order valence-electron chi connectivity index (χ0n) is 41.1. The Morgan fingerprint density at radius 3 is 0.985 bits per heavy atom. The Bertz CT molecular complexity index is 1320. The summed E-state index contributed by atoms with van der Waals surface area (Å²) < 4.78 is 23.0. The van der Waals surface area contributed by atoms with E-state index in [4.69, 9.17) is 18.9 Å². The molecule has 0 aromatic heterocycles. The van der Waals surface area contributed by atoms with Crippen molar-refractivity contribution >= 4 is 72.8 Å². The van der Waals surface area contributed by atoms with Gasteiger partial charge in [-0.25, -0.2) is 0 Å². The SMILES string of the molecule is CCCCCCCCC(CCCCCC(CCC(=O)[O-])OC(C)=O)OCc1ccccc1.CCCCCCCCC(CCCCCC(CCC(=O)[O-])OC(C)=O)OCc1ccccc1.[Ba+2]. The van der Waals surface area contributed by atoms with Crippen molar-refractivity contribution in [2.45, 2.75) is 245 Å². The zero-order valence-corrected chi connectivity index (χ0v) is 45.5. The number of carbonyl (C=O) groups excluding carboxylic acids is 4. The summed E-state index contributed by atoms with van der Waals surface area (Å²) in [5.74, 6) is -2.92. The number of rotatable bonds is 40. The van der Waals surface area contributed by atoms with E-state index in [1.807, 2.05) is 36.4 Å². The Morgan fingerprint density at radius 2 is 0.692 bits per heavy atom. The molecule has 0 saturated heterocycles. The van der Waals surface area contributed by atoms with Gasteiger partial charge in [-0.1, -0.05) is 177 Å². The molecule has 10 nitrogen and oxygen atoms in total. The molecule has 0 radical (unpaired) electrons. The molecule has 0 N–H and O–H groups in total. The van der Waals surface area contributed by atoms with E-state index >= 15 is 0 Å². The van der Waals surface area contributed by atoms with E-state index in [-0.39, 0.29) is 98.1 Å². The number of benzene rings is 2. The van der Waals surface area contributed by atoms with Gasteiger partial charge in [0.15, 0.2) is 0 Å². The molecular formula is C54H86BaO10. The quantitative estimate of drug-likeness (QED) is 0.0358. The molecular weight excluding hydrogens is 946 g/mol. The predicted molar refractivity (Wildman–Crippen MR) is 258 cm³/mol. The molecule has 11 heteroatoms. The van der Waals surface area contributed by atoms with Gasteiger partial charge in [-0.2, -0.15) is 0 Å². The monoisotopic (exact) mass is 1030 g/mol. The first-order chi connectivity index (χ1) is 31.0. The Balaban J connectivity index is 0.00000124. The maximum Gasteiger partial charge on any atom is 2.00 e. The van der Waals surface area contributed by atoms with Crippen molar-refractivity contribution in [3.8, 4) is 0 Å². The summed E-state index contributed by atoms with van der Waals surface area (Å²) in [7, 11) is 0. The molecule has 0 spiro atoms. The third-order valence-corrected chi connectivity index (χ3v) is 11.5. The van der Waals surface area contributed by atoms with Crippen molar-refractivity contribution in [2.24, 2.45) is 0 Å². The summed E-state index contributed by atoms with van der Waals surface area (Å²) in [5, 5.41) is 21.4. The minimum Gasteiger partial charge on any atom is -0.550 e. The van der Waals surface area contributed by atoms with E-state index < -0.39 is 11.9 Å². The second kappa shape index (κ2) is 44.3. The minimum atomic E-state index is -1.10. The molecule has 2 aromatic carbocycles. The molecule has 0 fully saturated rings. The van der Waals surface area contributed by atoms with Crippen molar-refractivity contribution in [2.75, 3.05) is 0 Å². The number of hydrogen-bond donors (Lipinski definition) is 0. The van der Waals surface area contributed by atoms with Crippen molar-refractivity contribution < 1.29 is 48.3 Å². The third kappa shape index (κ3) is 40.6. The van der Waals surface area contributed by atoms with Gasteiger partial charge in [-0.05, 0) is 88.2 Å². The Labute approximate surface area is 434 Å². The van der Waals surface area contributed by atoms with Gasteiger partial charge in [0.25, 0.3) is 0 Å². The summed E-state index contributed by atoms with van der Waals surface area (Å²) in [6, 6.07) is 20.6. The van der Waals surface area contributed by atoms with E-state index in [1.165, 1.54) is 102 Å². The van der Waals surface area contributed by atoms with Crippen LogP contribution in [0.3, 0.4) is 0 Å². The smallest absolute Gasteiger partial charge is 0.550 e. The van der Waals surface area contributed by atoms with Gasteiger partial charge in [0.2, 0.25) is 0 Å². The van der Waals surface area contributed by atoms with Gasteiger partial charge in [0, 0.05) is 25.8 Å². The largest absolute Gasteiger partial charge is 2.00 e. The van der Waals surface area contributed by atoms with Gasteiger partial charge in [-0.3, -0.25) is 9.59 Å². The van der Waals surface area contributed by atoms with Crippen molar-refractivity contribution in [3.05, 3.63) is 71.8 Å². The van der Waals surface area contributed by atoms with Crippen LogP contribution in [-0.4, -0.2) is 97.2 Å². The second-order valence-corrected chi connectivity index (χ2v) is 17.5. The maximum absolute atomic E-state index is 11.2. The van der Waals surface area contributed by atoms with Crippen LogP contribution in [0.1, 0.15) is 219 Å². The van der Waals surface area contributed by atoms with Crippen LogP contribution in [0.4, 0.5) is 0 Å². The number of aliphatic carboxylic acids is 2. The first-order valence-corrected chi connectivity index (χ1v) is 25.1. The normalized spacial score (nSPS) is 12.7. The van der Waals surface area contributed by atoms with Crippen LogP contribution in [0.2, 0.25) is 0 Å². The molecule has 4 unspecified atom stereocenters. The van der Waals surface area contributed by atoms with Crippen LogP contribution in [0, 0.1) is 0 Å². The zero-order chi connectivity index (χ0) is 46.9. The van der Waals surface area contributed by atoms with E-state index in [0.29, 0.717) is 38.9 Å². The van der Waals surface area contributed by atoms with Gasteiger partial charge >= 0.3 is 60.8 Å². The summed E-state index contributed by atoms with van der Waals surface area (Å²) >= 11 is 0. The molecule has 0 amide bonds. The number of ether oxygens (including phenoxy) is 4. The van der Waals surface area contributed by atoms with Crippen molar-refractivity contribution in [3.63, 3.8) is 0 Å². The minimum absolute atomic E-state index is 0. The molecule has 4 atom stereocenters. The van der Waals surface area contributed by atoms with Crippen LogP contribution < -0.4 is 10.2 Å². The summed E-state index contributed by atoms with van der Waals surface area (Å²) in [6.07, 6.45) is 27.4. The van der Waals surface area contributed by atoms with Crippen LogP contribution in [0.5, 0.6) is 0 Å². The number of hydrogen-bond acceptors (Lipinski definition) is 10. The molecule has 0 heterocycles. The summed E-state index contributed by atoms with van der Waals surface area (Å²) in [6.45, 7) is 8.51. The van der Waals surface area contributed by atoms with Crippen LogP contribution in [0.15, 0.2) is 60.7 Å². The van der Waals surface area contributed by atoms with Gasteiger partial charge in [0.1, 0.15) is 12.2 Å². The van der Waals surface area contributed by atoms with Gasteiger partial charge < -0.3 is 38.7 Å². The topological polar surface area (TPSA) is 151 Å². The van der Waals surface area contributed by atoms with Gasteiger partial charge in [0.05, 0.1) is 25.4 Å². The molecule has 0 aliphatic carbocycles. The van der Waals surface area contributed by atoms with Crippen molar-refractivity contribution in [1.82, 2.24) is 0 Å². The van der Waals surface area contributed by atoms with Crippen LogP contribution in [-0.2, 0) is 51.3 Å². The van der Waals surface area contributed by atoms with E-state index in [0.717, 1.165) is 64.2 Å². The van der Waals surface area contributed by atoms with Crippen LogP contribution in [0.25, 0.3) is 0 Å². The summed E-state index contributed by atoms with van der Waals surface area (Å²) in [5.41, 5.74) is 2.41. The molecule has 0 saturated carbocycles. The van der Waals surface area contributed by atoms with Gasteiger partial charge in [-0.15, -0.1) is 0 Å². The number of carboxylic acids is 2. The standard InChI is InChI=1S/2C27H44O5.Ba/c2*1-3-4-5-6-7-12-17-25(31-22-24-15-10-8-11-16-24)18-13-9-14-19-26(32-23(2)28)20-21-27(29)30;/h2*8,10-11,15-16,25-26H,3-7,9,12-14,17-22H2,1-2H3,(H,29,30);/q;;+2/p-2. The number of carbonyl (C=O) groups is 4. The van der Waals surface area contributed by atoms with Crippen LogP contribution >= 0.6 is 0 Å². The first kappa shape index (κ1) is 62.8. The van der Waals surface area contributed by atoms with E-state index in [2.05, 4.69) is 38.1 Å². The Kier molecular flexibility index (Phi) is 42.8. The maximum atomic E-state index is 11.2. The number of esters is 2. The number of unbranched alkanes of at least 4 members (excludes halogenated alkanes) is 14. The molecule has 65 heavy (non-hydrogen) atoms. The van der Waals surface area contributed by atoms with E-state index in [9.17, 15) is 29.4 Å². The molecule has 0 aliphatic rings. The fraction of sp³-hybridized carbons (Fsp3) is 0.704. The Morgan fingerprint density at radius 1 is 0.415 bits per heavy atom. The average molecular weight is 1030 g/mol. The predicted octanol–water partition coefficient (Wildman–Crippen LogP) is 11.1. The molecule has 0 aliphatic heterocycles.